The first-order chi connectivity index (χ1) is 9.87. The highest BCUT2D eigenvalue weighted by Gasteiger charge is 2.32. The third-order valence-corrected chi connectivity index (χ3v) is 6.31. The first kappa shape index (κ1) is 16.3. The Labute approximate surface area is 128 Å². The summed E-state index contributed by atoms with van der Waals surface area (Å²) in [5.41, 5.74) is 0. The number of hydrogen-bond donors (Lipinski definition) is 0. The molecule has 0 aromatic heterocycles. The number of sulfone groups is 1. The molecule has 2 rings (SSSR count). The van der Waals surface area contributed by atoms with E-state index in [9.17, 15) is 17.6 Å². The van der Waals surface area contributed by atoms with Gasteiger partial charge in [0, 0.05) is 30.2 Å². The van der Waals surface area contributed by atoms with Gasteiger partial charge in [0.05, 0.1) is 11.5 Å². The number of thioether (sulfide) groups is 1. The first-order valence-corrected chi connectivity index (χ1v) is 9.52. The summed E-state index contributed by atoms with van der Waals surface area (Å²) in [6.45, 7) is 0. The zero-order valence-electron chi connectivity index (χ0n) is 11.8. The normalized spacial score (nSPS) is 20.4. The van der Waals surface area contributed by atoms with E-state index in [1.54, 1.807) is 24.1 Å². The molecule has 0 aliphatic carbocycles. The summed E-state index contributed by atoms with van der Waals surface area (Å²) in [5.74, 6) is 0.498. The fourth-order valence-corrected chi connectivity index (χ4v) is 4.86. The number of rotatable bonds is 5. The van der Waals surface area contributed by atoms with Crippen molar-refractivity contribution >= 4 is 27.5 Å². The second-order valence-corrected chi connectivity index (χ2v) is 8.51. The number of halogens is 1. The van der Waals surface area contributed by atoms with Crippen LogP contribution in [0.5, 0.6) is 0 Å². The van der Waals surface area contributed by atoms with Crippen molar-refractivity contribution in [1.29, 1.82) is 0 Å². The van der Waals surface area contributed by atoms with Gasteiger partial charge in [0.15, 0.2) is 9.84 Å². The minimum atomic E-state index is -2.98. The van der Waals surface area contributed by atoms with Gasteiger partial charge in [-0.2, -0.15) is 0 Å². The van der Waals surface area contributed by atoms with Crippen molar-refractivity contribution in [3.8, 4) is 0 Å². The lowest BCUT2D eigenvalue weighted by Crippen LogP contribution is -2.37. The Hall–Kier alpha value is -1.08. The van der Waals surface area contributed by atoms with Crippen molar-refractivity contribution in [1.82, 2.24) is 4.90 Å². The quantitative estimate of drug-likeness (QED) is 0.774. The average molecular weight is 331 g/mol. The molecule has 0 saturated carbocycles. The zero-order chi connectivity index (χ0) is 15.5. The van der Waals surface area contributed by atoms with E-state index in [1.165, 1.54) is 23.9 Å². The van der Waals surface area contributed by atoms with Crippen molar-refractivity contribution < 1.29 is 17.6 Å². The van der Waals surface area contributed by atoms with Gasteiger partial charge >= 0.3 is 0 Å². The lowest BCUT2D eigenvalue weighted by Gasteiger charge is -2.23. The lowest BCUT2D eigenvalue weighted by atomic mass is 10.2. The van der Waals surface area contributed by atoms with Crippen molar-refractivity contribution in [2.45, 2.75) is 23.8 Å². The van der Waals surface area contributed by atoms with Crippen LogP contribution in [-0.2, 0) is 14.6 Å². The summed E-state index contributed by atoms with van der Waals surface area (Å²) in [5, 5.41) is 0. The van der Waals surface area contributed by atoms with E-state index >= 15 is 0 Å². The van der Waals surface area contributed by atoms with Crippen LogP contribution in [-0.4, -0.2) is 49.6 Å². The summed E-state index contributed by atoms with van der Waals surface area (Å²) in [6, 6.07) is 5.94. The third kappa shape index (κ3) is 4.71. The minimum Gasteiger partial charge on any atom is -0.342 e. The van der Waals surface area contributed by atoms with Gasteiger partial charge < -0.3 is 4.90 Å². The number of benzene rings is 1. The van der Waals surface area contributed by atoms with E-state index in [-0.39, 0.29) is 29.3 Å². The van der Waals surface area contributed by atoms with Crippen LogP contribution >= 0.6 is 11.8 Å². The van der Waals surface area contributed by atoms with Crippen LogP contribution in [0.2, 0.25) is 0 Å². The fraction of sp³-hybridized carbons (Fsp3) is 0.500. The molecular weight excluding hydrogens is 313 g/mol. The van der Waals surface area contributed by atoms with Gasteiger partial charge in [-0.05, 0) is 30.7 Å². The summed E-state index contributed by atoms with van der Waals surface area (Å²) in [7, 11) is -1.31. The van der Waals surface area contributed by atoms with Crippen molar-refractivity contribution in [3.05, 3.63) is 30.1 Å². The van der Waals surface area contributed by atoms with Gasteiger partial charge in [-0.15, -0.1) is 11.8 Å². The smallest absolute Gasteiger partial charge is 0.223 e. The molecule has 1 fully saturated rings. The second-order valence-electron chi connectivity index (χ2n) is 5.11. The fourth-order valence-electron chi connectivity index (χ4n) is 2.25. The summed E-state index contributed by atoms with van der Waals surface area (Å²) in [6.07, 6.45) is 0.866. The van der Waals surface area contributed by atoms with E-state index in [2.05, 4.69) is 0 Å². The zero-order valence-corrected chi connectivity index (χ0v) is 13.4. The van der Waals surface area contributed by atoms with Crippen LogP contribution in [0.4, 0.5) is 4.39 Å². The SMILES string of the molecule is CN(C(=O)CCSc1ccc(F)cc1)C1CCS(=O)(=O)C1. The Morgan fingerprint density at radius 2 is 2.05 bits per heavy atom. The molecule has 1 unspecified atom stereocenters. The molecule has 1 aromatic carbocycles. The maximum absolute atomic E-state index is 12.8. The standard InChI is InChI=1S/C14H18FNO3S2/c1-16(12-7-9-21(18,19)10-12)14(17)6-8-20-13-4-2-11(15)3-5-13/h2-5,12H,6-10H2,1H3. The van der Waals surface area contributed by atoms with E-state index < -0.39 is 9.84 Å². The van der Waals surface area contributed by atoms with E-state index in [4.69, 9.17) is 0 Å². The van der Waals surface area contributed by atoms with Gasteiger partial charge in [0.25, 0.3) is 0 Å². The molecule has 1 heterocycles. The summed E-state index contributed by atoms with van der Waals surface area (Å²) >= 11 is 1.48. The number of amides is 1. The Morgan fingerprint density at radius 1 is 1.38 bits per heavy atom. The Bertz CT molecular complexity index is 601. The summed E-state index contributed by atoms with van der Waals surface area (Å²) in [4.78, 5) is 14.5. The predicted octanol–water partition coefficient (Wildman–Crippen LogP) is 1.95. The average Bonchev–Trinajstić information content (AvgIpc) is 2.80. The molecule has 1 amide bonds. The molecular formula is C14H18FNO3S2. The van der Waals surface area contributed by atoms with E-state index in [0.29, 0.717) is 18.6 Å². The van der Waals surface area contributed by atoms with Crippen LogP contribution in [0.3, 0.4) is 0 Å². The van der Waals surface area contributed by atoms with Gasteiger partial charge in [-0.3, -0.25) is 4.79 Å². The van der Waals surface area contributed by atoms with Gasteiger partial charge in [-0.25, -0.2) is 12.8 Å². The predicted molar refractivity (Wildman–Crippen MR) is 81.6 cm³/mol. The maximum atomic E-state index is 12.8. The highest BCUT2D eigenvalue weighted by Crippen LogP contribution is 2.21. The molecule has 1 aliphatic rings. The van der Waals surface area contributed by atoms with Crippen LogP contribution in [0.25, 0.3) is 0 Å². The van der Waals surface area contributed by atoms with Crippen molar-refractivity contribution in [2.75, 3.05) is 24.3 Å². The van der Waals surface area contributed by atoms with Gasteiger partial charge in [0.1, 0.15) is 5.82 Å². The molecule has 1 aliphatic heterocycles. The maximum Gasteiger partial charge on any atom is 0.223 e. The molecule has 0 radical (unpaired) electrons. The molecule has 1 saturated heterocycles. The Kier molecular flexibility index (Phi) is 5.27. The van der Waals surface area contributed by atoms with Crippen LogP contribution in [0.15, 0.2) is 29.2 Å². The van der Waals surface area contributed by atoms with Crippen molar-refractivity contribution in [3.63, 3.8) is 0 Å². The van der Waals surface area contributed by atoms with Gasteiger partial charge in [0.2, 0.25) is 5.91 Å². The monoisotopic (exact) mass is 331 g/mol. The minimum absolute atomic E-state index is 0.0493. The summed E-state index contributed by atoms with van der Waals surface area (Å²) < 4.78 is 35.6. The first-order valence-electron chi connectivity index (χ1n) is 6.72. The highest BCUT2D eigenvalue weighted by atomic mass is 32.2. The number of nitrogens with zero attached hydrogens (tertiary/aromatic N) is 1. The number of carbonyl (C=O) groups excluding carboxylic acids is 1. The van der Waals surface area contributed by atoms with Crippen LogP contribution in [0, 0.1) is 5.82 Å². The molecule has 1 aromatic rings. The molecule has 0 N–H and O–H groups in total. The largest absolute Gasteiger partial charge is 0.342 e. The number of hydrogen-bond acceptors (Lipinski definition) is 4. The Morgan fingerprint density at radius 3 is 2.62 bits per heavy atom. The molecule has 1 atom stereocenters. The lowest BCUT2D eigenvalue weighted by molar-refractivity contribution is -0.131. The molecule has 21 heavy (non-hydrogen) atoms. The van der Waals surface area contributed by atoms with Crippen LogP contribution < -0.4 is 0 Å². The Balaban J connectivity index is 1.78. The molecule has 0 bridgehead atoms. The molecule has 116 valence electrons. The van der Waals surface area contributed by atoms with E-state index in [0.717, 1.165) is 4.90 Å². The van der Waals surface area contributed by atoms with E-state index in [1.807, 2.05) is 0 Å². The van der Waals surface area contributed by atoms with Crippen LogP contribution in [0.1, 0.15) is 12.8 Å². The molecule has 0 spiro atoms. The third-order valence-electron chi connectivity index (χ3n) is 3.55. The molecule has 7 heteroatoms. The number of carbonyl (C=O) groups is 1. The second kappa shape index (κ2) is 6.79. The van der Waals surface area contributed by atoms with Gasteiger partial charge in [-0.1, -0.05) is 0 Å². The van der Waals surface area contributed by atoms with Crippen molar-refractivity contribution in [2.24, 2.45) is 0 Å². The molecule has 4 nitrogen and oxygen atoms in total. The topological polar surface area (TPSA) is 54.5 Å². The highest BCUT2D eigenvalue weighted by molar-refractivity contribution is 7.99.